The molecule has 0 aromatic carbocycles. The zero-order valence-corrected chi connectivity index (χ0v) is 9.88. The molecule has 1 atom stereocenters. The number of aliphatic imine (C=N–C) groups is 1. The lowest BCUT2D eigenvalue weighted by molar-refractivity contribution is -0.124. The Kier molecular flexibility index (Phi) is 3.14. The number of nitrogens with one attached hydrogen (secondary N) is 2. The molecule has 0 radical (unpaired) electrons. The molecule has 1 unspecified atom stereocenters. The van der Waals surface area contributed by atoms with Crippen LogP contribution < -0.4 is 10.6 Å². The van der Waals surface area contributed by atoms with E-state index in [1.807, 2.05) is 13.8 Å². The lowest BCUT2D eigenvalue weighted by Crippen LogP contribution is -2.47. The number of guanidine groups is 1. The molecule has 2 N–H and O–H groups in total. The van der Waals surface area contributed by atoms with Crippen LogP contribution in [0.15, 0.2) is 4.99 Å². The van der Waals surface area contributed by atoms with Gasteiger partial charge in [0.05, 0.1) is 0 Å². The quantitative estimate of drug-likeness (QED) is 0.679. The second-order valence-corrected chi connectivity index (χ2v) is 4.70. The van der Waals surface area contributed by atoms with E-state index in [2.05, 4.69) is 15.6 Å². The number of amides is 1. The summed E-state index contributed by atoms with van der Waals surface area (Å²) in [6.07, 6.45) is 2.45. The van der Waals surface area contributed by atoms with Gasteiger partial charge in [-0.3, -0.25) is 15.1 Å². The van der Waals surface area contributed by atoms with Crippen LogP contribution in [0.3, 0.4) is 0 Å². The minimum absolute atomic E-state index is 0.0393. The van der Waals surface area contributed by atoms with Gasteiger partial charge in [0.1, 0.15) is 5.54 Å². The Hall–Kier alpha value is -1.10. The van der Waals surface area contributed by atoms with Gasteiger partial charge < -0.3 is 10.1 Å². The fourth-order valence-electron chi connectivity index (χ4n) is 2.17. The van der Waals surface area contributed by atoms with E-state index < -0.39 is 5.54 Å². The van der Waals surface area contributed by atoms with Crippen LogP contribution in [0.1, 0.15) is 33.1 Å². The third kappa shape index (κ3) is 2.19. The topological polar surface area (TPSA) is 62.7 Å². The second kappa shape index (κ2) is 4.41. The number of nitrogens with zero attached hydrogens (tertiary/aromatic N) is 1. The average Bonchev–Trinajstić information content (AvgIpc) is 2.38. The van der Waals surface area contributed by atoms with Gasteiger partial charge >= 0.3 is 0 Å². The Bertz CT molecular complexity index is 304. The lowest BCUT2D eigenvalue weighted by atomic mass is 9.91. The molecule has 2 aliphatic rings. The lowest BCUT2D eigenvalue weighted by Gasteiger charge is -2.23. The Labute approximate surface area is 95.6 Å². The fourth-order valence-corrected chi connectivity index (χ4v) is 2.17. The zero-order valence-electron chi connectivity index (χ0n) is 9.88. The maximum absolute atomic E-state index is 12.0. The van der Waals surface area contributed by atoms with E-state index >= 15 is 0 Å². The molecular weight excluding hydrogens is 206 g/mol. The van der Waals surface area contributed by atoms with Crippen molar-refractivity contribution in [3.63, 3.8) is 0 Å². The van der Waals surface area contributed by atoms with Crippen LogP contribution in [0.5, 0.6) is 0 Å². The first-order valence-electron chi connectivity index (χ1n) is 5.88. The molecule has 1 spiro atoms. The van der Waals surface area contributed by atoms with Gasteiger partial charge in [-0.25, -0.2) is 0 Å². The number of rotatable bonds is 1. The normalized spacial score (nSPS) is 32.9. The molecule has 2 saturated heterocycles. The van der Waals surface area contributed by atoms with Crippen molar-refractivity contribution in [3.8, 4) is 0 Å². The largest absolute Gasteiger partial charge is 0.381 e. The minimum Gasteiger partial charge on any atom is -0.381 e. The third-order valence-electron chi connectivity index (χ3n) is 2.98. The molecule has 2 rings (SSSR count). The number of ether oxygens (including phenoxy) is 1. The SMILES string of the molecule is CC(C)N=C1NC(=O)C2(CCCOCC2)N1. The molecule has 16 heavy (non-hydrogen) atoms. The molecule has 2 fully saturated rings. The van der Waals surface area contributed by atoms with Crippen LogP contribution in [0.2, 0.25) is 0 Å². The molecule has 1 amide bonds. The van der Waals surface area contributed by atoms with Crippen molar-refractivity contribution in [2.24, 2.45) is 4.99 Å². The third-order valence-corrected chi connectivity index (χ3v) is 2.98. The Morgan fingerprint density at radius 3 is 2.94 bits per heavy atom. The van der Waals surface area contributed by atoms with E-state index in [0.717, 1.165) is 25.9 Å². The summed E-state index contributed by atoms with van der Waals surface area (Å²) < 4.78 is 5.39. The molecule has 0 aromatic heterocycles. The minimum atomic E-state index is -0.482. The van der Waals surface area contributed by atoms with Crippen LogP contribution in [-0.4, -0.2) is 36.7 Å². The van der Waals surface area contributed by atoms with Crippen molar-refractivity contribution in [1.29, 1.82) is 0 Å². The highest BCUT2D eigenvalue weighted by Gasteiger charge is 2.45. The summed E-state index contributed by atoms with van der Waals surface area (Å²) in [5.74, 6) is 0.652. The second-order valence-electron chi connectivity index (χ2n) is 4.70. The van der Waals surface area contributed by atoms with E-state index in [9.17, 15) is 4.79 Å². The fraction of sp³-hybridized carbons (Fsp3) is 0.818. The van der Waals surface area contributed by atoms with E-state index in [1.54, 1.807) is 0 Å². The van der Waals surface area contributed by atoms with Gasteiger partial charge in [-0.15, -0.1) is 0 Å². The highest BCUT2D eigenvalue weighted by molar-refractivity contribution is 6.09. The molecule has 0 aromatic rings. The van der Waals surface area contributed by atoms with Gasteiger partial charge in [-0.05, 0) is 26.7 Å². The maximum atomic E-state index is 12.0. The Balaban J connectivity index is 2.13. The van der Waals surface area contributed by atoms with Gasteiger partial charge in [0.15, 0.2) is 5.96 Å². The van der Waals surface area contributed by atoms with E-state index in [0.29, 0.717) is 12.6 Å². The van der Waals surface area contributed by atoms with Crippen LogP contribution in [0, 0.1) is 0 Å². The zero-order chi connectivity index (χ0) is 11.6. The molecule has 5 heteroatoms. The van der Waals surface area contributed by atoms with E-state index in [4.69, 9.17) is 4.74 Å². The van der Waals surface area contributed by atoms with Crippen molar-refractivity contribution >= 4 is 11.9 Å². The molecule has 0 bridgehead atoms. The van der Waals surface area contributed by atoms with E-state index in [-0.39, 0.29) is 11.9 Å². The number of hydrogen-bond acceptors (Lipinski definition) is 3. The highest BCUT2D eigenvalue weighted by Crippen LogP contribution is 2.24. The monoisotopic (exact) mass is 225 g/mol. The first-order chi connectivity index (χ1) is 7.62. The first-order valence-corrected chi connectivity index (χ1v) is 5.88. The number of carbonyl (C=O) groups excluding carboxylic acids is 1. The van der Waals surface area contributed by atoms with Crippen LogP contribution >= 0.6 is 0 Å². The van der Waals surface area contributed by atoms with Crippen molar-refractivity contribution in [2.45, 2.75) is 44.7 Å². The standard InChI is InChI=1S/C11H19N3O2/c1-8(2)12-10-13-9(15)11(14-10)4-3-6-16-7-5-11/h8H,3-7H2,1-2H3,(H2,12,13,14,15). The molecular formula is C11H19N3O2. The summed E-state index contributed by atoms with van der Waals surface area (Å²) in [7, 11) is 0. The molecule has 5 nitrogen and oxygen atoms in total. The van der Waals surface area contributed by atoms with Crippen LogP contribution in [0.4, 0.5) is 0 Å². The summed E-state index contributed by atoms with van der Waals surface area (Å²) in [5, 5.41) is 6.05. The number of hydrogen-bond donors (Lipinski definition) is 2. The smallest absolute Gasteiger partial charge is 0.252 e. The molecule has 0 aliphatic carbocycles. The predicted octanol–water partition coefficient (Wildman–Crippen LogP) is 0.409. The van der Waals surface area contributed by atoms with Crippen LogP contribution in [-0.2, 0) is 9.53 Å². The molecule has 0 saturated carbocycles. The summed E-state index contributed by atoms with van der Waals surface area (Å²) in [6.45, 7) is 5.35. The summed E-state index contributed by atoms with van der Waals surface area (Å²) in [6, 6.07) is 0.181. The van der Waals surface area contributed by atoms with Crippen LogP contribution in [0.25, 0.3) is 0 Å². The van der Waals surface area contributed by atoms with Crippen molar-refractivity contribution in [1.82, 2.24) is 10.6 Å². The molecule has 90 valence electrons. The van der Waals surface area contributed by atoms with Gasteiger partial charge in [0.2, 0.25) is 0 Å². The van der Waals surface area contributed by atoms with Crippen molar-refractivity contribution < 1.29 is 9.53 Å². The van der Waals surface area contributed by atoms with Gasteiger partial charge in [0, 0.05) is 25.7 Å². The molecule has 2 aliphatic heterocycles. The summed E-state index contributed by atoms with van der Waals surface area (Å²) >= 11 is 0. The first kappa shape index (κ1) is 11.4. The van der Waals surface area contributed by atoms with Gasteiger partial charge in [0.25, 0.3) is 5.91 Å². The van der Waals surface area contributed by atoms with Gasteiger partial charge in [-0.2, -0.15) is 0 Å². The Morgan fingerprint density at radius 2 is 2.19 bits per heavy atom. The maximum Gasteiger partial charge on any atom is 0.252 e. The van der Waals surface area contributed by atoms with Gasteiger partial charge in [-0.1, -0.05) is 0 Å². The highest BCUT2D eigenvalue weighted by atomic mass is 16.5. The number of carbonyl (C=O) groups is 1. The van der Waals surface area contributed by atoms with E-state index in [1.165, 1.54) is 0 Å². The Morgan fingerprint density at radius 1 is 1.38 bits per heavy atom. The van der Waals surface area contributed by atoms with Crippen molar-refractivity contribution in [3.05, 3.63) is 0 Å². The average molecular weight is 225 g/mol. The molecule has 2 heterocycles. The predicted molar refractivity (Wildman–Crippen MR) is 61.3 cm³/mol. The summed E-state index contributed by atoms with van der Waals surface area (Å²) in [5.41, 5.74) is -0.482. The summed E-state index contributed by atoms with van der Waals surface area (Å²) in [4.78, 5) is 16.3. The van der Waals surface area contributed by atoms with Crippen molar-refractivity contribution in [2.75, 3.05) is 13.2 Å².